The Bertz CT molecular complexity index is 1100. The van der Waals surface area contributed by atoms with Gasteiger partial charge in [-0.15, -0.1) is 11.3 Å². The van der Waals surface area contributed by atoms with Crippen molar-refractivity contribution in [3.63, 3.8) is 0 Å². The van der Waals surface area contributed by atoms with Gasteiger partial charge in [-0.25, -0.2) is 4.68 Å². The molecule has 0 atom stereocenters. The zero-order valence-electron chi connectivity index (χ0n) is 16.3. The van der Waals surface area contributed by atoms with Gasteiger partial charge in [0.1, 0.15) is 0 Å². The van der Waals surface area contributed by atoms with E-state index in [-0.39, 0.29) is 0 Å². The molecule has 0 N–H and O–H groups in total. The van der Waals surface area contributed by atoms with Crippen LogP contribution in [-0.4, -0.2) is 39.3 Å². The zero-order chi connectivity index (χ0) is 21.0. The van der Waals surface area contributed by atoms with Crippen molar-refractivity contribution in [2.24, 2.45) is 10.1 Å². The Balaban J connectivity index is 2.11. The van der Waals surface area contributed by atoms with Gasteiger partial charge in [0, 0.05) is 28.6 Å². The molecule has 3 rings (SSSR count). The molecule has 0 fully saturated rings. The monoisotopic (exact) mass is 451 g/mol. The second-order valence-corrected chi connectivity index (χ2v) is 7.45. The maximum Gasteiger partial charge on any atom is 0.205 e. The van der Waals surface area contributed by atoms with Crippen LogP contribution in [-0.2, 0) is 0 Å². The molecule has 0 aliphatic carbocycles. The molecular formula is C20H19Cl2N3O3S. The van der Waals surface area contributed by atoms with E-state index in [1.54, 1.807) is 57.5 Å². The molecule has 9 heteroatoms. The number of hydrogen-bond donors (Lipinski definition) is 0. The molecule has 152 valence electrons. The highest BCUT2D eigenvalue weighted by atomic mass is 35.5. The minimum atomic E-state index is 0.519. The van der Waals surface area contributed by atoms with Crippen molar-refractivity contribution >= 4 is 40.8 Å². The lowest BCUT2D eigenvalue weighted by atomic mass is 10.2. The fraction of sp³-hybridized carbons (Fsp3) is 0.200. The maximum atomic E-state index is 6.39. The lowest BCUT2D eigenvalue weighted by Crippen LogP contribution is -2.11. The molecule has 0 spiro atoms. The molecule has 0 saturated heterocycles. The summed E-state index contributed by atoms with van der Waals surface area (Å²) in [7, 11) is 6.41. The molecule has 0 aliphatic heterocycles. The van der Waals surface area contributed by atoms with Crippen LogP contribution in [0.15, 0.2) is 45.8 Å². The highest BCUT2D eigenvalue weighted by Crippen LogP contribution is 2.38. The highest BCUT2D eigenvalue weighted by molar-refractivity contribution is 7.07. The van der Waals surface area contributed by atoms with E-state index in [1.165, 1.54) is 11.3 Å². The van der Waals surface area contributed by atoms with Crippen LogP contribution in [0.25, 0.3) is 11.3 Å². The molecule has 0 amide bonds. The molecule has 1 heterocycles. The Morgan fingerprint density at radius 2 is 1.69 bits per heavy atom. The Morgan fingerprint density at radius 3 is 2.28 bits per heavy atom. The summed E-state index contributed by atoms with van der Waals surface area (Å²) in [5.74, 6) is 1.61. The fourth-order valence-electron chi connectivity index (χ4n) is 2.74. The number of benzene rings is 2. The van der Waals surface area contributed by atoms with E-state index in [0.29, 0.717) is 32.1 Å². The van der Waals surface area contributed by atoms with Gasteiger partial charge in [0.15, 0.2) is 11.5 Å². The summed E-state index contributed by atoms with van der Waals surface area (Å²) in [5, 5.41) is 7.72. The van der Waals surface area contributed by atoms with Crippen molar-refractivity contribution in [2.75, 3.05) is 28.4 Å². The standard InChI is InChI=1S/C20H19Cl2N3O3S/c1-23-20-25(16(11-29-20)14-9-13(21)5-6-15(14)22)24-10-12-7-17(26-2)19(28-4)18(8-12)27-3/h5-11H,1-4H3. The van der Waals surface area contributed by atoms with Gasteiger partial charge >= 0.3 is 0 Å². The Morgan fingerprint density at radius 1 is 1.00 bits per heavy atom. The predicted octanol–water partition coefficient (Wildman–Crippen LogP) is 4.96. The second-order valence-electron chi connectivity index (χ2n) is 5.77. The van der Waals surface area contributed by atoms with Gasteiger partial charge in [0.25, 0.3) is 0 Å². The number of halogens is 2. The van der Waals surface area contributed by atoms with E-state index in [0.717, 1.165) is 16.8 Å². The molecule has 0 radical (unpaired) electrons. The third-order valence-corrected chi connectivity index (χ3v) is 5.56. The molecule has 0 unspecified atom stereocenters. The van der Waals surface area contributed by atoms with Crippen LogP contribution < -0.4 is 19.0 Å². The fourth-order valence-corrected chi connectivity index (χ4v) is 3.92. The number of ether oxygens (including phenoxy) is 3. The SMILES string of the molecule is CN=c1scc(-c2cc(Cl)ccc2Cl)n1N=Cc1cc(OC)c(OC)c(OC)c1. The van der Waals surface area contributed by atoms with E-state index < -0.39 is 0 Å². The first-order valence-corrected chi connectivity index (χ1v) is 10.1. The average molecular weight is 452 g/mol. The van der Waals surface area contributed by atoms with Crippen LogP contribution in [0, 0.1) is 0 Å². The molecule has 0 bridgehead atoms. The summed E-state index contributed by atoms with van der Waals surface area (Å²) in [6.45, 7) is 0. The second kappa shape index (κ2) is 9.35. The third kappa shape index (κ3) is 4.42. The van der Waals surface area contributed by atoms with Crippen LogP contribution >= 0.6 is 34.5 Å². The van der Waals surface area contributed by atoms with Gasteiger partial charge in [-0.3, -0.25) is 4.99 Å². The van der Waals surface area contributed by atoms with Crippen molar-refractivity contribution in [1.29, 1.82) is 0 Å². The van der Waals surface area contributed by atoms with Crippen LogP contribution in [0.5, 0.6) is 17.2 Å². The van der Waals surface area contributed by atoms with Crippen molar-refractivity contribution in [2.45, 2.75) is 0 Å². The molecule has 29 heavy (non-hydrogen) atoms. The summed E-state index contributed by atoms with van der Waals surface area (Å²) >= 11 is 14.0. The summed E-state index contributed by atoms with van der Waals surface area (Å²) < 4.78 is 17.9. The van der Waals surface area contributed by atoms with Gasteiger partial charge in [-0.2, -0.15) is 5.10 Å². The normalized spacial score (nSPS) is 11.9. The third-order valence-electron chi connectivity index (χ3n) is 4.09. The lowest BCUT2D eigenvalue weighted by Gasteiger charge is -2.12. The Labute approximate surface area is 182 Å². The van der Waals surface area contributed by atoms with Gasteiger partial charge in [-0.05, 0) is 30.3 Å². The maximum absolute atomic E-state index is 6.39. The molecule has 1 aromatic heterocycles. The summed E-state index contributed by atoms with van der Waals surface area (Å²) in [6.07, 6.45) is 1.69. The molecule has 6 nitrogen and oxygen atoms in total. The first-order valence-electron chi connectivity index (χ1n) is 8.45. The minimum absolute atomic E-state index is 0.519. The lowest BCUT2D eigenvalue weighted by molar-refractivity contribution is 0.324. The first kappa shape index (κ1) is 21.2. The van der Waals surface area contributed by atoms with Crippen LogP contribution in [0.4, 0.5) is 0 Å². The molecule has 2 aromatic carbocycles. The smallest absolute Gasteiger partial charge is 0.205 e. The minimum Gasteiger partial charge on any atom is -0.493 e. The van der Waals surface area contributed by atoms with Gasteiger partial charge in [0.2, 0.25) is 10.6 Å². The summed E-state index contributed by atoms with van der Waals surface area (Å²) in [4.78, 5) is 5.01. The highest BCUT2D eigenvalue weighted by Gasteiger charge is 2.14. The number of hydrogen-bond acceptors (Lipinski definition) is 6. The quantitative estimate of drug-likeness (QED) is 0.497. The van der Waals surface area contributed by atoms with Crippen molar-refractivity contribution < 1.29 is 14.2 Å². The molecule has 0 aliphatic rings. The number of methoxy groups -OCH3 is 3. The van der Waals surface area contributed by atoms with E-state index in [1.807, 2.05) is 17.5 Å². The van der Waals surface area contributed by atoms with E-state index >= 15 is 0 Å². The number of aromatic nitrogens is 1. The van der Waals surface area contributed by atoms with Crippen molar-refractivity contribution in [3.05, 3.63) is 56.1 Å². The molecule has 0 saturated carbocycles. The summed E-state index contributed by atoms with van der Waals surface area (Å²) in [5.41, 5.74) is 2.32. The summed E-state index contributed by atoms with van der Waals surface area (Å²) in [6, 6.07) is 8.93. The average Bonchev–Trinajstić information content (AvgIpc) is 3.15. The number of rotatable bonds is 6. The number of thiazole rings is 1. The Hall–Kier alpha value is -2.48. The Kier molecular flexibility index (Phi) is 6.84. The molecule has 3 aromatic rings. The molecular weight excluding hydrogens is 433 g/mol. The van der Waals surface area contributed by atoms with Crippen LogP contribution in [0.1, 0.15) is 5.56 Å². The topological polar surface area (TPSA) is 57.3 Å². The first-order chi connectivity index (χ1) is 14.0. The largest absolute Gasteiger partial charge is 0.493 e. The van der Waals surface area contributed by atoms with E-state index in [4.69, 9.17) is 37.4 Å². The van der Waals surface area contributed by atoms with Crippen molar-refractivity contribution in [1.82, 2.24) is 4.68 Å². The van der Waals surface area contributed by atoms with Gasteiger partial charge in [-0.1, -0.05) is 23.2 Å². The van der Waals surface area contributed by atoms with Gasteiger partial charge in [0.05, 0.1) is 38.3 Å². The zero-order valence-corrected chi connectivity index (χ0v) is 18.6. The van der Waals surface area contributed by atoms with Crippen LogP contribution in [0.3, 0.4) is 0 Å². The predicted molar refractivity (Wildman–Crippen MR) is 118 cm³/mol. The van der Waals surface area contributed by atoms with Crippen molar-refractivity contribution in [3.8, 4) is 28.5 Å². The van der Waals surface area contributed by atoms with E-state index in [2.05, 4.69) is 10.1 Å². The van der Waals surface area contributed by atoms with E-state index in [9.17, 15) is 0 Å². The number of nitrogens with zero attached hydrogens (tertiary/aromatic N) is 3. The van der Waals surface area contributed by atoms with Crippen LogP contribution in [0.2, 0.25) is 10.0 Å². The van der Waals surface area contributed by atoms with Gasteiger partial charge < -0.3 is 14.2 Å².